The molecule has 1 aromatic rings. The summed E-state index contributed by atoms with van der Waals surface area (Å²) in [6, 6.07) is 5.37. The van der Waals surface area contributed by atoms with Gasteiger partial charge in [0, 0.05) is 0 Å². The second-order valence-electron chi connectivity index (χ2n) is 4.66. The lowest BCUT2D eigenvalue weighted by Gasteiger charge is -2.03. The van der Waals surface area contributed by atoms with E-state index >= 15 is 0 Å². The molecular weight excluding hydrogens is 310 g/mol. The van der Waals surface area contributed by atoms with E-state index in [4.69, 9.17) is 16.6 Å². The molecule has 0 spiro atoms. The number of unbranched alkanes of at least 4 members (excludes halogenated alkanes) is 1. The van der Waals surface area contributed by atoms with Crippen molar-refractivity contribution in [1.29, 1.82) is 0 Å². The molecule has 122 valence electrons. The highest BCUT2D eigenvalue weighted by Gasteiger charge is 2.31. The number of hydrogen-bond acceptors (Lipinski definition) is 6. The Hall–Kier alpha value is -1.97. The zero-order valence-electron chi connectivity index (χ0n) is 11.9. The van der Waals surface area contributed by atoms with Crippen LogP contribution in [0.25, 0.3) is 0 Å². The number of nitrogens with one attached hydrogen (secondary N) is 1. The van der Waals surface area contributed by atoms with Crippen LogP contribution in [-0.4, -0.2) is 38.0 Å². The van der Waals surface area contributed by atoms with Crippen molar-refractivity contribution in [3.8, 4) is 0 Å². The smallest absolute Gasteiger partial charge is 0.320 e. The average Bonchev–Trinajstić information content (AvgIpc) is 2.70. The molecule has 0 saturated carbocycles. The van der Waals surface area contributed by atoms with Gasteiger partial charge in [0.15, 0.2) is 0 Å². The summed E-state index contributed by atoms with van der Waals surface area (Å²) in [5.74, 6) is -1.48. The largest absolute Gasteiger partial charge is 0.480 e. The number of carboxylic acids is 1. The third kappa shape index (κ3) is 4.79. The minimum atomic E-state index is -3.55. The van der Waals surface area contributed by atoms with E-state index in [1.807, 2.05) is 4.72 Å². The standard InChI is InChI=1S/C7H5NO3S.C6H14N2O2/c9-7-5-3-1-2-4-6(5)12(10,11)8-7;7-4-2-1-3-5(8)6(9)10/h1-4H,(H,8,9);5H,1-4,7-8H2,(H,9,10)/t;5-/m.0/s1. The van der Waals surface area contributed by atoms with Gasteiger partial charge >= 0.3 is 5.97 Å². The maximum Gasteiger partial charge on any atom is 0.320 e. The van der Waals surface area contributed by atoms with Gasteiger partial charge < -0.3 is 16.6 Å². The fraction of sp³-hybridized carbons (Fsp3) is 0.385. The molecule has 0 saturated heterocycles. The van der Waals surface area contributed by atoms with Gasteiger partial charge in [-0.25, -0.2) is 13.1 Å². The normalized spacial score (nSPS) is 16.0. The minimum Gasteiger partial charge on any atom is -0.480 e. The number of fused-ring (bicyclic) bond motifs is 1. The zero-order chi connectivity index (χ0) is 16.8. The number of rotatable bonds is 5. The number of benzene rings is 1. The molecule has 0 unspecified atom stereocenters. The molecule has 1 atom stereocenters. The van der Waals surface area contributed by atoms with Crippen molar-refractivity contribution < 1.29 is 23.1 Å². The first kappa shape index (κ1) is 18.1. The van der Waals surface area contributed by atoms with E-state index in [1.165, 1.54) is 12.1 Å². The molecule has 9 heteroatoms. The number of amides is 1. The number of carbonyl (C=O) groups is 2. The monoisotopic (exact) mass is 329 g/mol. The maximum absolute atomic E-state index is 11.1. The summed E-state index contributed by atoms with van der Waals surface area (Å²) in [6.07, 6.45) is 2.16. The molecule has 6 N–H and O–H groups in total. The van der Waals surface area contributed by atoms with Gasteiger partial charge in [-0.3, -0.25) is 9.59 Å². The number of sulfonamides is 1. The lowest BCUT2D eigenvalue weighted by molar-refractivity contribution is -0.138. The molecule has 1 aliphatic heterocycles. The molecule has 2 rings (SSSR count). The zero-order valence-corrected chi connectivity index (χ0v) is 12.7. The molecule has 0 bridgehead atoms. The summed E-state index contributed by atoms with van der Waals surface area (Å²) in [5.41, 5.74) is 10.6. The van der Waals surface area contributed by atoms with Crippen molar-refractivity contribution in [1.82, 2.24) is 4.72 Å². The van der Waals surface area contributed by atoms with Gasteiger partial charge in [-0.05, 0) is 31.5 Å². The second kappa shape index (κ2) is 7.87. The molecule has 1 aromatic carbocycles. The van der Waals surface area contributed by atoms with Crippen molar-refractivity contribution in [3.63, 3.8) is 0 Å². The second-order valence-corrected chi connectivity index (χ2v) is 6.31. The highest BCUT2D eigenvalue weighted by Crippen LogP contribution is 2.20. The number of carbonyl (C=O) groups excluding carboxylic acids is 1. The fourth-order valence-corrected chi connectivity index (χ4v) is 2.92. The van der Waals surface area contributed by atoms with Crippen LogP contribution < -0.4 is 16.2 Å². The van der Waals surface area contributed by atoms with Crippen molar-refractivity contribution in [2.45, 2.75) is 30.2 Å². The maximum atomic E-state index is 11.1. The van der Waals surface area contributed by atoms with Gasteiger partial charge in [-0.1, -0.05) is 18.6 Å². The predicted octanol–water partition coefficient (Wildman–Crippen LogP) is -0.354. The number of aliphatic carboxylic acids is 1. The average molecular weight is 329 g/mol. The molecule has 0 radical (unpaired) electrons. The van der Waals surface area contributed by atoms with Crippen LogP contribution in [0.3, 0.4) is 0 Å². The summed E-state index contributed by atoms with van der Waals surface area (Å²) >= 11 is 0. The van der Waals surface area contributed by atoms with Gasteiger partial charge in [-0.15, -0.1) is 0 Å². The first-order valence-electron chi connectivity index (χ1n) is 6.64. The van der Waals surface area contributed by atoms with Crippen LogP contribution in [0.5, 0.6) is 0 Å². The molecule has 1 heterocycles. The molecule has 1 aliphatic rings. The Kier molecular flexibility index (Phi) is 6.47. The summed E-state index contributed by atoms with van der Waals surface area (Å²) < 4.78 is 24.2. The highest BCUT2D eigenvalue weighted by atomic mass is 32.2. The summed E-state index contributed by atoms with van der Waals surface area (Å²) in [4.78, 5) is 21.2. The van der Waals surface area contributed by atoms with Crippen LogP contribution in [0.2, 0.25) is 0 Å². The lowest BCUT2D eigenvalue weighted by Crippen LogP contribution is -2.29. The van der Waals surface area contributed by atoms with Crippen molar-refractivity contribution in [3.05, 3.63) is 29.8 Å². The Morgan fingerprint density at radius 3 is 2.45 bits per heavy atom. The van der Waals surface area contributed by atoms with E-state index in [9.17, 15) is 18.0 Å². The van der Waals surface area contributed by atoms with Gasteiger partial charge in [0.05, 0.1) is 5.56 Å². The summed E-state index contributed by atoms with van der Waals surface area (Å²) in [5, 5.41) is 8.33. The summed E-state index contributed by atoms with van der Waals surface area (Å²) in [6.45, 7) is 0.604. The Labute approximate surface area is 128 Å². The summed E-state index contributed by atoms with van der Waals surface area (Å²) in [7, 11) is -3.55. The van der Waals surface area contributed by atoms with E-state index in [1.54, 1.807) is 12.1 Å². The highest BCUT2D eigenvalue weighted by molar-refractivity contribution is 7.90. The first-order chi connectivity index (χ1) is 10.3. The van der Waals surface area contributed by atoms with Crippen LogP contribution >= 0.6 is 0 Å². The van der Waals surface area contributed by atoms with Gasteiger partial charge in [0.1, 0.15) is 10.9 Å². The Bertz CT molecular complexity index is 645. The number of hydrogen-bond donors (Lipinski definition) is 4. The van der Waals surface area contributed by atoms with E-state index in [-0.39, 0.29) is 10.5 Å². The van der Waals surface area contributed by atoms with E-state index in [0.29, 0.717) is 13.0 Å². The number of nitrogens with two attached hydrogens (primary N) is 2. The minimum absolute atomic E-state index is 0.0648. The number of carboxylic acid groups (broad SMARTS) is 1. The van der Waals surface area contributed by atoms with Crippen molar-refractivity contribution in [2.24, 2.45) is 11.5 Å². The fourth-order valence-electron chi connectivity index (χ4n) is 1.75. The lowest BCUT2D eigenvalue weighted by atomic mass is 10.1. The Balaban J connectivity index is 0.000000225. The van der Waals surface area contributed by atoms with Gasteiger partial charge in [0.25, 0.3) is 15.9 Å². The van der Waals surface area contributed by atoms with E-state index in [0.717, 1.165) is 12.8 Å². The molecule has 0 aliphatic carbocycles. The first-order valence-corrected chi connectivity index (χ1v) is 8.12. The van der Waals surface area contributed by atoms with E-state index in [2.05, 4.69) is 0 Å². The molecular formula is C13H19N3O5S. The molecule has 8 nitrogen and oxygen atoms in total. The van der Waals surface area contributed by atoms with Crippen LogP contribution in [0.4, 0.5) is 0 Å². The topological polar surface area (TPSA) is 153 Å². The Morgan fingerprint density at radius 2 is 1.91 bits per heavy atom. The van der Waals surface area contributed by atoms with Crippen molar-refractivity contribution in [2.75, 3.05) is 6.54 Å². The van der Waals surface area contributed by atoms with Crippen LogP contribution in [0.1, 0.15) is 29.6 Å². The van der Waals surface area contributed by atoms with E-state index < -0.39 is 27.9 Å². The third-order valence-electron chi connectivity index (χ3n) is 2.93. The SMILES string of the molecule is NCCCC[C@H](N)C(=O)O.O=C1NS(=O)(=O)c2ccccc21. The van der Waals surface area contributed by atoms with Gasteiger partial charge in [-0.2, -0.15) is 0 Å². The van der Waals surface area contributed by atoms with Gasteiger partial charge in [0.2, 0.25) is 0 Å². The molecule has 1 amide bonds. The van der Waals surface area contributed by atoms with Crippen LogP contribution in [0, 0.1) is 0 Å². The Morgan fingerprint density at radius 1 is 1.27 bits per heavy atom. The quantitative estimate of drug-likeness (QED) is 0.538. The molecule has 0 aromatic heterocycles. The molecule has 0 fully saturated rings. The molecule has 22 heavy (non-hydrogen) atoms. The third-order valence-corrected chi connectivity index (χ3v) is 4.32. The predicted molar refractivity (Wildman–Crippen MR) is 79.6 cm³/mol. The van der Waals surface area contributed by atoms with Crippen LogP contribution in [-0.2, 0) is 14.8 Å². The van der Waals surface area contributed by atoms with Crippen molar-refractivity contribution >= 4 is 21.9 Å². The van der Waals surface area contributed by atoms with Crippen LogP contribution in [0.15, 0.2) is 29.2 Å².